The van der Waals surface area contributed by atoms with Crippen LogP contribution in [0, 0.1) is 0 Å². The summed E-state index contributed by atoms with van der Waals surface area (Å²) in [6.07, 6.45) is 3.86. The van der Waals surface area contributed by atoms with Crippen LogP contribution < -0.4 is 4.74 Å². The van der Waals surface area contributed by atoms with Crippen LogP contribution in [0.5, 0.6) is 5.75 Å². The van der Waals surface area contributed by atoms with Crippen LogP contribution >= 0.6 is 0 Å². The Balaban J connectivity index is 1.63. The number of aryl methyl sites for hydroxylation is 1. The van der Waals surface area contributed by atoms with Crippen molar-refractivity contribution in [2.45, 2.75) is 43.8 Å². The van der Waals surface area contributed by atoms with Crippen LogP contribution in [0.15, 0.2) is 18.2 Å². The number of benzene rings is 1. The second-order valence-corrected chi connectivity index (χ2v) is 8.16. The minimum Gasteiger partial charge on any atom is -0.493 e. The lowest BCUT2D eigenvalue weighted by Gasteiger charge is -2.21. The van der Waals surface area contributed by atoms with Gasteiger partial charge in [-0.2, -0.15) is 0 Å². The molecule has 0 aliphatic carbocycles. The van der Waals surface area contributed by atoms with Gasteiger partial charge in [-0.3, -0.25) is 4.79 Å². The summed E-state index contributed by atoms with van der Waals surface area (Å²) in [6, 6.07) is 5.98. The quantitative estimate of drug-likeness (QED) is 0.854. The van der Waals surface area contributed by atoms with Gasteiger partial charge in [0.1, 0.15) is 11.0 Å². The van der Waals surface area contributed by atoms with Crippen molar-refractivity contribution in [3.8, 4) is 5.75 Å². The highest BCUT2D eigenvalue weighted by atomic mass is 32.2. The number of sulfone groups is 1. The Morgan fingerprint density at radius 2 is 2.14 bits per heavy atom. The molecule has 0 spiro atoms. The maximum atomic E-state index is 12.2. The Kier molecular flexibility index (Phi) is 4.02. The molecule has 114 valence electrons. The van der Waals surface area contributed by atoms with E-state index in [0.29, 0.717) is 25.7 Å². The molecule has 1 saturated heterocycles. The van der Waals surface area contributed by atoms with Gasteiger partial charge in [-0.15, -0.1) is 0 Å². The second-order valence-electron chi connectivity index (χ2n) is 5.86. The molecule has 1 unspecified atom stereocenters. The minimum atomic E-state index is -3.21. The molecule has 1 atom stereocenters. The summed E-state index contributed by atoms with van der Waals surface area (Å²) < 4.78 is 29.4. The van der Waals surface area contributed by atoms with Gasteiger partial charge in [-0.05, 0) is 36.5 Å². The predicted octanol–water partition coefficient (Wildman–Crippen LogP) is 2.09. The number of ether oxygens (including phenoxy) is 1. The molecule has 4 nitrogen and oxygen atoms in total. The minimum absolute atomic E-state index is 0.119. The van der Waals surface area contributed by atoms with E-state index in [-0.39, 0.29) is 11.5 Å². The normalized spacial score (nSPS) is 23.3. The first-order chi connectivity index (χ1) is 10.1. The summed E-state index contributed by atoms with van der Waals surface area (Å²) >= 11 is 0. The monoisotopic (exact) mass is 308 g/mol. The van der Waals surface area contributed by atoms with Crippen LogP contribution in [0.25, 0.3) is 0 Å². The Morgan fingerprint density at radius 1 is 1.29 bits per heavy atom. The van der Waals surface area contributed by atoms with Gasteiger partial charge in [-0.25, -0.2) is 8.42 Å². The van der Waals surface area contributed by atoms with E-state index in [1.54, 1.807) is 0 Å². The van der Waals surface area contributed by atoms with Gasteiger partial charge < -0.3 is 4.74 Å². The highest BCUT2D eigenvalue weighted by Gasteiger charge is 2.34. The van der Waals surface area contributed by atoms with Gasteiger partial charge in [0.15, 0.2) is 15.6 Å². The van der Waals surface area contributed by atoms with E-state index in [0.717, 1.165) is 30.8 Å². The maximum Gasteiger partial charge on any atom is 0.160 e. The van der Waals surface area contributed by atoms with Crippen LogP contribution in [-0.2, 0) is 27.5 Å². The number of hydrogen-bond donors (Lipinski definition) is 0. The van der Waals surface area contributed by atoms with Crippen LogP contribution in [0.4, 0.5) is 0 Å². The number of Topliss-reactive ketones (excluding diaryl/α,β-unsaturated/α-hetero) is 1. The Labute approximate surface area is 125 Å². The van der Waals surface area contributed by atoms with Gasteiger partial charge in [0.25, 0.3) is 0 Å². The van der Waals surface area contributed by atoms with Gasteiger partial charge >= 0.3 is 0 Å². The van der Waals surface area contributed by atoms with Crippen molar-refractivity contribution in [3.63, 3.8) is 0 Å². The molecule has 0 amide bonds. The van der Waals surface area contributed by atoms with Gasteiger partial charge in [-0.1, -0.05) is 18.6 Å². The first-order valence-electron chi connectivity index (χ1n) is 7.55. The third kappa shape index (κ3) is 3.12. The summed E-state index contributed by atoms with van der Waals surface area (Å²) in [5, 5.41) is -0.760. The molecule has 5 heteroatoms. The molecule has 3 rings (SSSR count). The summed E-state index contributed by atoms with van der Waals surface area (Å²) in [7, 11) is -3.21. The molecule has 21 heavy (non-hydrogen) atoms. The third-order valence-corrected chi connectivity index (χ3v) is 6.58. The number of carbonyl (C=O) groups excluding carboxylic acids is 1. The van der Waals surface area contributed by atoms with E-state index in [2.05, 4.69) is 6.07 Å². The van der Waals surface area contributed by atoms with Crippen molar-refractivity contribution in [3.05, 3.63) is 29.3 Å². The zero-order valence-corrected chi connectivity index (χ0v) is 12.8. The molecule has 0 saturated carbocycles. The molecular weight excluding hydrogens is 288 g/mol. The zero-order chi connectivity index (χ0) is 14.9. The average Bonchev–Trinajstić information content (AvgIpc) is 2.91. The number of rotatable bonds is 4. The molecule has 2 heterocycles. The van der Waals surface area contributed by atoms with Crippen LogP contribution in [0.3, 0.4) is 0 Å². The van der Waals surface area contributed by atoms with E-state index < -0.39 is 15.1 Å². The van der Waals surface area contributed by atoms with Crippen molar-refractivity contribution in [1.29, 1.82) is 0 Å². The third-order valence-electron chi connectivity index (χ3n) is 4.35. The lowest BCUT2D eigenvalue weighted by Crippen LogP contribution is -2.35. The molecule has 0 aromatic heterocycles. The molecule has 1 aromatic rings. The SMILES string of the molecule is O=C(CCc1ccc2c(c1)CCO2)C1CCCCS1(=O)=O. The molecular formula is C16H20O4S. The van der Waals surface area contributed by atoms with E-state index in [4.69, 9.17) is 4.74 Å². The Morgan fingerprint density at radius 3 is 2.95 bits per heavy atom. The highest BCUT2D eigenvalue weighted by molar-refractivity contribution is 7.92. The van der Waals surface area contributed by atoms with Crippen molar-refractivity contribution < 1.29 is 17.9 Å². The number of carbonyl (C=O) groups is 1. The zero-order valence-electron chi connectivity index (χ0n) is 12.0. The molecule has 0 radical (unpaired) electrons. The van der Waals surface area contributed by atoms with Gasteiger partial charge in [0.05, 0.1) is 12.4 Å². The summed E-state index contributed by atoms with van der Waals surface area (Å²) in [6.45, 7) is 0.720. The molecule has 0 N–H and O–H groups in total. The number of fused-ring (bicyclic) bond motifs is 1. The van der Waals surface area contributed by atoms with Crippen LogP contribution in [0.1, 0.15) is 36.8 Å². The standard InChI is InChI=1S/C16H20O4S/c17-14(16-3-1-2-10-21(16,18)19)6-4-12-5-7-15-13(11-12)8-9-20-15/h5,7,11,16H,1-4,6,8-10H2. The van der Waals surface area contributed by atoms with Gasteiger partial charge in [0.2, 0.25) is 0 Å². The van der Waals surface area contributed by atoms with Crippen molar-refractivity contribution >= 4 is 15.6 Å². The van der Waals surface area contributed by atoms with Crippen molar-refractivity contribution in [2.75, 3.05) is 12.4 Å². The lowest BCUT2D eigenvalue weighted by molar-refractivity contribution is -0.118. The fourth-order valence-corrected chi connectivity index (χ4v) is 5.08. The Hall–Kier alpha value is -1.36. The largest absolute Gasteiger partial charge is 0.493 e. The predicted molar refractivity (Wildman–Crippen MR) is 80.4 cm³/mol. The fourth-order valence-electron chi connectivity index (χ4n) is 3.14. The molecule has 0 bridgehead atoms. The van der Waals surface area contributed by atoms with Crippen molar-refractivity contribution in [1.82, 2.24) is 0 Å². The smallest absolute Gasteiger partial charge is 0.160 e. The number of ketones is 1. The highest BCUT2D eigenvalue weighted by Crippen LogP contribution is 2.27. The van der Waals surface area contributed by atoms with E-state index in [1.807, 2.05) is 12.1 Å². The molecule has 1 fully saturated rings. The summed E-state index contributed by atoms with van der Waals surface area (Å²) in [5.41, 5.74) is 2.27. The first kappa shape index (κ1) is 14.6. The summed E-state index contributed by atoms with van der Waals surface area (Å²) in [4.78, 5) is 12.2. The average molecular weight is 308 g/mol. The Bertz CT molecular complexity index is 648. The van der Waals surface area contributed by atoms with E-state index in [1.165, 1.54) is 5.56 Å². The first-order valence-corrected chi connectivity index (χ1v) is 9.27. The second kappa shape index (κ2) is 5.79. The topological polar surface area (TPSA) is 60.4 Å². The van der Waals surface area contributed by atoms with Crippen LogP contribution in [-0.4, -0.2) is 31.8 Å². The van der Waals surface area contributed by atoms with Gasteiger partial charge in [0, 0.05) is 12.8 Å². The summed E-state index contributed by atoms with van der Waals surface area (Å²) in [5.74, 6) is 0.978. The maximum absolute atomic E-state index is 12.2. The van der Waals surface area contributed by atoms with E-state index >= 15 is 0 Å². The fraction of sp³-hybridized carbons (Fsp3) is 0.562. The van der Waals surface area contributed by atoms with Crippen molar-refractivity contribution in [2.24, 2.45) is 0 Å². The lowest BCUT2D eigenvalue weighted by atomic mass is 10.0. The molecule has 2 aliphatic heterocycles. The van der Waals surface area contributed by atoms with Crippen LogP contribution in [0.2, 0.25) is 0 Å². The molecule has 1 aromatic carbocycles. The van der Waals surface area contributed by atoms with E-state index in [9.17, 15) is 13.2 Å². The molecule has 2 aliphatic rings. The number of hydrogen-bond acceptors (Lipinski definition) is 4.